The summed E-state index contributed by atoms with van der Waals surface area (Å²) in [6, 6.07) is 0. The first-order valence-corrected chi connectivity index (χ1v) is 6.95. The smallest absolute Gasteiger partial charge is 0.148 e. The lowest BCUT2D eigenvalue weighted by molar-refractivity contribution is 0.922. The first-order chi connectivity index (χ1) is 9.13. The highest BCUT2D eigenvalue weighted by Crippen LogP contribution is 2.21. The van der Waals surface area contributed by atoms with Crippen LogP contribution in [0.1, 0.15) is 28.2 Å². The molecule has 0 aliphatic carbocycles. The van der Waals surface area contributed by atoms with Gasteiger partial charge in [0.15, 0.2) is 0 Å². The molecule has 6 nitrogen and oxygen atoms in total. The Hall–Kier alpha value is -1.73. The Balaban J connectivity index is 2.19. The van der Waals surface area contributed by atoms with Crippen molar-refractivity contribution in [1.29, 1.82) is 0 Å². The van der Waals surface area contributed by atoms with Gasteiger partial charge in [-0.1, -0.05) is 6.92 Å². The number of aryl methyl sites for hydroxylation is 2. The van der Waals surface area contributed by atoms with Crippen LogP contribution in [0.2, 0.25) is 0 Å². The van der Waals surface area contributed by atoms with Crippen LogP contribution < -0.4 is 16.6 Å². The van der Waals surface area contributed by atoms with E-state index in [1.54, 1.807) is 11.3 Å². The normalized spacial score (nSPS) is 10.5. The lowest BCUT2D eigenvalue weighted by Crippen LogP contribution is -2.14. The van der Waals surface area contributed by atoms with Crippen molar-refractivity contribution in [2.24, 2.45) is 5.84 Å². The monoisotopic (exact) mass is 278 g/mol. The minimum absolute atomic E-state index is 0.662. The van der Waals surface area contributed by atoms with E-state index in [1.165, 1.54) is 4.88 Å². The van der Waals surface area contributed by atoms with Gasteiger partial charge >= 0.3 is 0 Å². The number of thiazole rings is 1. The zero-order chi connectivity index (χ0) is 13.8. The minimum atomic E-state index is 0.662. The van der Waals surface area contributed by atoms with Crippen LogP contribution in [0.3, 0.4) is 0 Å². The number of hydrogen-bond donors (Lipinski definition) is 3. The molecule has 7 heteroatoms. The van der Waals surface area contributed by atoms with E-state index in [1.807, 2.05) is 27.0 Å². The second-order valence-corrected chi connectivity index (χ2v) is 5.48. The minimum Gasteiger partial charge on any atom is -0.365 e. The van der Waals surface area contributed by atoms with Crippen LogP contribution in [0, 0.1) is 13.8 Å². The highest BCUT2D eigenvalue weighted by Gasteiger charge is 2.09. The van der Waals surface area contributed by atoms with Crippen molar-refractivity contribution in [2.75, 3.05) is 10.7 Å². The van der Waals surface area contributed by atoms with Gasteiger partial charge in [-0.3, -0.25) is 0 Å². The standard InChI is InChI=1S/C12H18N6S/c1-4-10-16-11(7(2)12(17-10)18-13)15-6-9-5-14-8(3)19-9/h5H,4,6,13H2,1-3H3,(H2,15,16,17,18). The van der Waals surface area contributed by atoms with Gasteiger partial charge in [-0.25, -0.2) is 20.8 Å². The summed E-state index contributed by atoms with van der Waals surface area (Å²) in [6.45, 7) is 6.66. The maximum atomic E-state index is 5.48. The molecule has 0 atom stereocenters. The van der Waals surface area contributed by atoms with Gasteiger partial charge in [0, 0.05) is 23.1 Å². The lowest BCUT2D eigenvalue weighted by atomic mass is 10.3. The molecule has 0 amide bonds. The largest absolute Gasteiger partial charge is 0.365 e. The van der Waals surface area contributed by atoms with E-state index in [0.717, 1.165) is 28.6 Å². The Morgan fingerprint density at radius 2 is 2.00 bits per heavy atom. The molecule has 102 valence electrons. The van der Waals surface area contributed by atoms with E-state index < -0.39 is 0 Å². The molecule has 0 saturated carbocycles. The van der Waals surface area contributed by atoms with Crippen LogP contribution >= 0.6 is 11.3 Å². The summed E-state index contributed by atoms with van der Waals surface area (Å²) >= 11 is 1.68. The van der Waals surface area contributed by atoms with Gasteiger partial charge in [0.1, 0.15) is 17.5 Å². The zero-order valence-corrected chi connectivity index (χ0v) is 12.1. The molecule has 2 rings (SSSR count). The Labute approximate surface area is 116 Å². The van der Waals surface area contributed by atoms with Gasteiger partial charge in [-0.2, -0.15) is 0 Å². The van der Waals surface area contributed by atoms with Crippen LogP contribution in [0.25, 0.3) is 0 Å². The van der Waals surface area contributed by atoms with E-state index in [2.05, 4.69) is 25.7 Å². The number of aromatic nitrogens is 3. The molecular formula is C12H18N6S. The number of nitrogens with zero attached hydrogens (tertiary/aromatic N) is 3. The fourth-order valence-corrected chi connectivity index (χ4v) is 2.43. The summed E-state index contributed by atoms with van der Waals surface area (Å²) in [5, 5.41) is 4.38. The molecule has 2 aromatic rings. The number of hydrogen-bond acceptors (Lipinski definition) is 7. The average Bonchev–Trinajstić information content (AvgIpc) is 2.83. The molecule has 0 bridgehead atoms. The third-order valence-corrected chi connectivity index (χ3v) is 3.66. The molecule has 0 saturated heterocycles. The van der Waals surface area contributed by atoms with Crippen LogP contribution in [-0.2, 0) is 13.0 Å². The van der Waals surface area contributed by atoms with Gasteiger partial charge in [0.25, 0.3) is 0 Å². The van der Waals surface area contributed by atoms with Gasteiger partial charge in [0.05, 0.1) is 11.6 Å². The first-order valence-electron chi connectivity index (χ1n) is 6.13. The number of nitrogens with two attached hydrogens (primary N) is 1. The number of rotatable bonds is 5. The topological polar surface area (TPSA) is 88.8 Å². The number of anilines is 2. The van der Waals surface area contributed by atoms with Gasteiger partial charge in [-0.15, -0.1) is 11.3 Å². The van der Waals surface area contributed by atoms with E-state index in [0.29, 0.717) is 12.4 Å². The molecular weight excluding hydrogens is 260 g/mol. The van der Waals surface area contributed by atoms with Crippen molar-refractivity contribution in [3.63, 3.8) is 0 Å². The summed E-state index contributed by atoms with van der Waals surface area (Å²) in [5.74, 6) is 7.72. The summed E-state index contributed by atoms with van der Waals surface area (Å²) in [6.07, 6.45) is 2.65. The third-order valence-electron chi connectivity index (χ3n) is 2.74. The zero-order valence-electron chi connectivity index (χ0n) is 11.3. The molecule has 0 fully saturated rings. The Bertz CT molecular complexity index is 565. The van der Waals surface area contributed by atoms with E-state index in [4.69, 9.17) is 5.84 Å². The highest BCUT2D eigenvalue weighted by molar-refractivity contribution is 7.11. The van der Waals surface area contributed by atoms with Crippen molar-refractivity contribution < 1.29 is 0 Å². The molecule has 0 aliphatic heterocycles. The van der Waals surface area contributed by atoms with E-state index >= 15 is 0 Å². The Morgan fingerprint density at radius 1 is 1.26 bits per heavy atom. The molecule has 2 heterocycles. The molecule has 0 aromatic carbocycles. The van der Waals surface area contributed by atoms with Crippen LogP contribution in [0.5, 0.6) is 0 Å². The third kappa shape index (κ3) is 3.18. The SMILES string of the molecule is CCc1nc(NN)c(C)c(NCc2cnc(C)s2)n1. The molecule has 0 radical (unpaired) electrons. The number of nitrogen functional groups attached to an aromatic ring is 1. The molecule has 2 aromatic heterocycles. The van der Waals surface area contributed by atoms with E-state index in [9.17, 15) is 0 Å². The fourth-order valence-electron chi connectivity index (χ4n) is 1.69. The number of hydrazine groups is 1. The molecule has 19 heavy (non-hydrogen) atoms. The maximum absolute atomic E-state index is 5.48. The predicted molar refractivity (Wildman–Crippen MR) is 78.1 cm³/mol. The first kappa shape index (κ1) is 13.7. The van der Waals surface area contributed by atoms with Gasteiger partial charge in [0.2, 0.25) is 0 Å². The fraction of sp³-hybridized carbons (Fsp3) is 0.417. The molecule has 0 spiro atoms. The molecule has 0 unspecified atom stereocenters. The number of nitrogens with one attached hydrogen (secondary N) is 2. The van der Waals surface area contributed by atoms with Crippen molar-refractivity contribution in [2.45, 2.75) is 33.7 Å². The molecule has 4 N–H and O–H groups in total. The van der Waals surface area contributed by atoms with E-state index in [-0.39, 0.29) is 0 Å². The van der Waals surface area contributed by atoms with Crippen LogP contribution in [0.4, 0.5) is 11.6 Å². The van der Waals surface area contributed by atoms with Crippen LogP contribution in [-0.4, -0.2) is 15.0 Å². The average molecular weight is 278 g/mol. The Morgan fingerprint density at radius 3 is 2.58 bits per heavy atom. The summed E-state index contributed by atoms with van der Waals surface area (Å²) in [7, 11) is 0. The molecule has 0 aliphatic rings. The second kappa shape index (κ2) is 5.94. The lowest BCUT2D eigenvalue weighted by Gasteiger charge is -2.12. The van der Waals surface area contributed by atoms with Gasteiger partial charge < -0.3 is 10.7 Å². The summed E-state index contributed by atoms with van der Waals surface area (Å²) in [5.41, 5.74) is 3.53. The van der Waals surface area contributed by atoms with Crippen molar-refractivity contribution in [3.05, 3.63) is 27.5 Å². The predicted octanol–water partition coefficient (Wildman–Crippen LogP) is 2.01. The van der Waals surface area contributed by atoms with Crippen molar-refractivity contribution in [3.8, 4) is 0 Å². The quantitative estimate of drug-likeness (QED) is 0.572. The van der Waals surface area contributed by atoms with Gasteiger partial charge in [-0.05, 0) is 13.8 Å². The second-order valence-electron chi connectivity index (χ2n) is 4.16. The van der Waals surface area contributed by atoms with Crippen molar-refractivity contribution >= 4 is 23.0 Å². The highest BCUT2D eigenvalue weighted by atomic mass is 32.1. The van der Waals surface area contributed by atoms with Crippen molar-refractivity contribution in [1.82, 2.24) is 15.0 Å². The Kier molecular flexibility index (Phi) is 4.28. The summed E-state index contributed by atoms with van der Waals surface area (Å²) in [4.78, 5) is 14.2. The maximum Gasteiger partial charge on any atom is 0.148 e. The summed E-state index contributed by atoms with van der Waals surface area (Å²) < 4.78 is 0. The van der Waals surface area contributed by atoms with Crippen LogP contribution in [0.15, 0.2) is 6.20 Å².